The summed E-state index contributed by atoms with van der Waals surface area (Å²) in [7, 11) is -1.64. The van der Waals surface area contributed by atoms with Crippen molar-refractivity contribution in [2.24, 2.45) is 0 Å². The molecule has 1 aromatic heterocycles. The molecule has 0 fully saturated rings. The van der Waals surface area contributed by atoms with Gasteiger partial charge in [-0.15, -0.1) is 0 Å². The standard InChI is InChI=1S/C18H20N2.BF4/c1-13-11-12-14(2)20(13)17-10-6-8-15-7-5-9-16(18(15)17)19(3)4;2-1(3,4)5/h5-12H,1-4H3;/q;-1/p+1. The average molecular weight is 352 g/mol. The highest BCUT2D eigenvalue weighted by atomic mass is 19.5. The van der Waals surface area contributed by atoms with E-state index in [2.05, 4.69) is 81.0 Å². The lowest BCUT2D eigenvalue weighted by Crippen LogP contribution is -3.00. The van der Waals surface area contributed by atoms with Crippen LogP contribution in [-0.4, -0.2) is 25.9 Å². The van der Waals surface area contributed by atoms with Gasteiger partial charge in [-0.05, 0) is 43.5 Å². The molecule has 0 bridgehead atoms. The van der Waals surface area contributed by atoms with Crippen LogP contribution in [0.2, 0.25) is 0 Å². The first kappa shape index (κ1) is 19.1. The van der Waals surface area contributed by atoms with Crippen LogP contribution in [0.3, 0.4) is 0 Å². The molecule has 0 spiro atoms. The number of benzene rings is 2. The molecule has 0 aliphatic carbocycles. The highest BCUT2D eigenvalue weighted by molar-refractivity contribution is 6.50. The third-order valence-electron chi connectivity index (χ3n) is 3.93. The Balaban J connectivity index is 0.000000399. The number of aromatic nitrogens is 1. The third-order valence-corrected chi connectivity index (χ3v) is 3.93. The van der Waals surface area contributed by atoms with E-state index in [0.717, 1.165) is 0 Å². The third kappa shape index (κ3) is 4.63. The molecule has 0 atom stereocenters. The number of hydrogen-bond acceptors (Lipinski definition) is 0. The van der Waals surface area contributed by atoms with Crippen molar-refractivity contribution >= 4 is 23.7 Å². The summed E-state index contributed by atoms with van der Waals surface area (Å²) >= 11 is 0. The van der Waals surface area contributed by atoms with Crippen LogP contribution in [0.1, 0.15) is 11.4 Å². The van der Waals surface area contributed by atoms with Gasteiger partial charge in [-0.1, -0.05) is 24.3 Å². The lowest BCUT2D eigenvalue weighted by molar-refractivity contribution is -0.785. The zero-order chi connectivity index (χ0) is 18.8. The number of nitrogens with one attached hydrogen (secondary N) is 1. The van der Waals surface area contributed by atoms with Crippen LogP contribution in [0.4, 0.5) is 23.0 Å². The van der Waals surface area contributed by atoms with E-state index in [-0.39, 0.29) is 0 Å². The van der Waals surface area contributed by atoms with Crippen molar-refractivity contribution < 1.29 is 22.2 Å². The van der Waals surface area contributed by atoms with Gasteiger partial charge in [0.25, 0.3) is 0 Å². The normalized spacial score (nSPS) is 11.6. The Labute approximate surface area is 144 Å². The van der Waals surface area contributed by atoms with Crippen LogP contribution in [0.5, 0.6) is 0 Å². The summed E-state index contributed by atoms with van der Waals surface area (Å²) in [5, 5.41) is 2.64. The van der Waals surface area contributed by atoms with Crippen LogP contribution >= 0.6 is 0 Å². The van der Waals surface area contributed by atoms with Crippen molar-refractivity contribution in [1.82, 2.24) is 4.57 Å². The lowest BCUT2D eigenvalue weighted by atomic mass is 10.1. The molecule has 1 N–H and O–H groups in total. The molecule has 2 aromatic carbocycles. The minimum atomic E-state index is -6.00. The maximum Gasteiger partial charge on any atom is 0.673 e. The van der Waals surface area contributed by atoms with Crippen molar-refractivity contribution in [3.8, 4) is 5.69 Å². The first-order chi connectivity index (χ1) is 11.6. The summed E-state index contributed by atoms with van der Waals surface area (Å²) in [6.45, 7) is 4.33. The predicted octanol–water partition coefficient (Wildman–Crippen LogP) is 4.32. The van der Waals surface area contributed by atoms with Gasteiger partial charge < -0.3 is 26.7 Å². The summed E-state index contributed by atoms with van der Waals surface area (Å²) < 4.78 is 41.3. The van der Waals surface area contributed by atoms with Crippen LogP contribution < -0.4 is 4.90 Å². The van der Waals surface area contributed by atoms with Gasteiger partial charge in [0.2, 0.25) is 0 Å². The van der Waals surface area contributed by atoms with Gasteiger partial charge in [-0.25, -0.2) is 0 Å². The van der Waals surface area contributed by atoms with E-state index in [1.165, 1.54) is 38.4 Å². The molecule has 25 heavy (non-hydrogen) atoms. The number of halogens is 4. The average Bonchev–Trinajstić information content (AvgIpc) is 2.83. The summed E-state index contributed by atoms with van der Waals surface area (Å²) in [4.78, 5) is 1.35. The second-order valence-corrected chi connectivity index (χ2v) is 6.13. The van der Waals surface area contributed by atoms with Crippen LogP contribution in [-0.2, 0) is 0 Å². The molecule has 2 nitrogen and oxygen atoms in total. The Morgan fingerprint density at radius 1 is 0.800 bits per heavy atom. The lowest BCUT2D eigenvalue weighted by Gasteiger charge is -2.16. The predicted molar refractivity (Wildman–Crippen MR) is 95.4 cm³/mol. The molecule has 0 unspecified atom stereocenters. The van der Waals surface area contributed by atoms with Gasteiger partial charge in [0, 0.05) is 11.4 Å². The molecule has 7 heteroatoms. The largest absolute Gasteiger partial charge is 0.673 e. The molecule has 3 rings (SSSR count). The van der Waals surface area contributed by atoms with E-state index in [1.54, 1.807) is 0 Å². The molecule has 0 saturated carbocycles. The number of hydrogen-bond donors (Lipinski definition) is 1. The summed E-state index contributed by atoms with van der Waals surface area (Å²) in [5.74, 6) is 0. The van der Waals surface area contributed by atoms with Crippen molar-refractivity contribution in [3.63, 3.8) is 0 Å². The second-order valence-electron chi connectivity index (χ2n) is 6.13. The molecule has 3 aromatic rings. The number of nitrogens with zero attached hydrogens (tertiary/aromatic N) is 1. The zero-order valence-corrected chi connectivity index (χ0v) is 14.7. The Morgan fingerprint density at radius 2 is 1.28 bits per heavy atom. The molecule has 134 valence electrons. The fraction of sp³-hybridized carbons (Fsp3) is 0.222. The Bertz CT molecular complexity index is 838. The van der Waals surface area contributed by atoms with Gasteiger partial charge in [-0.2, -0.15) is 0 Å². The SMILES string of the molecule is Cc1ccc(C)n1-c1cccc2cccc([NH+](C)C)c12.F[B-](F)(F)F. The molecular weight excluding hydrogens is 331 g/mol. The molecule has 0 aliphatic heterocycles. The zero-order valence-electron chi connectivity index (χ0n) is 14.7. The Morgan fingerprint density at radius 3 is 1.76 bits per heavy atom. The van der Waals surface area contributed by atoms with Gasteiger partial charge >= 0.3 is 7.25 Å². The van der Waals surface area contributed by atoms with E-state index >= 15 is 0 Å². The highest BCUT2D eigenvalue weighted by Crippen LogP contribution is 2.29. The molecule has 0 aliphatic rings. The highest BCUT2D eigenvalue weighted by Gasteiger charge is 2.20. The van der Waals surface area contributed by atoms with E-state index in [4.69, 9.17) is 0 Å². The summed E-state index contributed by atoms with van der Waals surface area (Å²) in [6, 6.07) is 17.5. The number of aryl methyl sites for hydroxylation is 2. The van der Waals surface area contributed by atoms with Crippen molar-refractivity contribution in [2.75, 3.05) is 14.1 Å². The Kier molecular flexibility index (Phi) is 5.57. The fourth-order valence-corrected chi connectivity index (χ4v) is 2.97. The van der Waals surface area contributed by atoms with E-state index in [1.807, 2.05) is 0 Å². The molecular formula is C18H21BF4N2. The number of fused-ring (bicyclic) bond motifs is 1. The monoisotopic (exact) mass is 352 g/mol. The maximum atomic E-state index is 9.75. The first-order valence-electron chi connectivity index (χ1n) is 7.94. The minimum absolute atomic E-state index is 1.28. The van der Waals surface area contributed by atoms with Crippen LogP contribution in [0.25, 0.3) is 16.5 Å². The maximum absolute atomic E-state index is 9.75. The van der Waals surface area contributed by atoms with E-state index in [9.17, 15) is 17.3 Å². The van der Waals surface area contributed by atoms with Crippen LogP contribution in [0, 0.1) is 13.8 Å². The van der Waals surface area contributed by atoms with Crippen molar-refractivity contribution in [3.05, 3.63) is 59.9 Å². The topological polar surface area (TPSA) is 9.37 Å². The van der Waals surface area contributed by atoms with Crippen LogP contribution in [0.15, 0.2) is 48.5 Å². The first-order valence-corrected chi connectivity index (χ1v) is 7.94. The summed E-state index contributed by atoms with van der Waals surface area (Å²) in [6.07, 6.45) is 0. The van der Waals surface area contributed by atoms with Crippen molar-refractivity contribution in [1.29, 1.82) is 0 Å². The molecule has 1 heterocycles. The number of rotatable bonds is 2. The minimum Gasteiger partial charge on any atom is -0.418 e. The van der Waals surface area contributed by atoms with Gasteiger partial charge in [0.05, 0.1) is 25.2 Å². The fourth-order valence-electron chi connectivity index (χ4n) is 2.97. The second kappa shape index (κ2) is 7.31. The number of quaternary nitrogens is 1. The van der Waals surface area contributed by atoms with Gasteiger partial charge in [0.15, 0.2) is 0 Å². The molecule has 0 radical (unpaired) electrons. The van der Waals surface area contributed by atoms with Gasteiger partial charge in [-0.3, -0.25) is 0 Å². The molecule has 0 amide bonds. The Hall–Kier alpha value is -2.28. The molecule has 0 saturated heterocycles. The quantitative estimate of drug-likeness (QED) is 0.520. The summed E-state index contributed by atoms with van der Waals surface area (Å²) in [5.41, 5.74) is 5.17. The van der Waals surface area contributed by atoms with E-state index < -0.39 is 7.25 Å². The smallest absolute Gasteiger partial charge is 0.418 e. The van der Waals surface area contributed by atoms with Gasteiger partial charge in [0.1, 0.15) is 5.69 Å². The van der Waals surface area contributed by atoms with Crippen molar-refractivity contribution in [2.45, 2.75) is 13.8 Å². The van der Waals surface area contributed by atoms with E-state index in [0.29, 0.717) is 0 Å².